The first kappa shape index (κ1) is 25.1. The number of benzene rings is 3. The molecule has 0 bridgehead atoms. The molecule has 0 spiro atoms. The smallest absolute Gasteiger partial charge is 0.178 e. The van der Waals surface area contributed by atoms with Gasteiger partial charge in [-0.25, -0.2) is 0 Å². The molecule has 1 saturated heterocycles. The van der Waals surface area contributed by atoms with Gasteiger partial charge in [0.15, 0.2) is 5.82 Å². The lowest BCUT2D eigenvalue weighted by atomic mass is 9.98. The highest BCUT2D eigenvalue weighted by Crippen LogP contribution is 2.31. The Hall–Kier alpha value is -3.61. The fourth-order valence-corrected chi connectivity index (χ4v) is 5.23. The van der Waals surface area contributed by atoms with Crippen molar-refractivity contribution < 1.29 is 0 Å². The largest absolute Gasteiger partial charge is 0.297 e. The van der Waals surface area contributed by atoms with Gasteiger partial charge in [0.2, 0.25) is 0 Å². The number of tetrazole rings is 1. The van der Waals surface area contributed by atoms with Gasteiger partial charge in [-0.2, -0.15) is 4.68 Å². The standard InChI is InChI=1S/C31H36N6/c1-23-15-16-28(22-26(23)4)30(31-32-33-34-37(31)29-24(2)10-8-11-25(29)3)36-20-18-35(19-21-36)17-9-14-27-12-6-5-7-13-27/h5-16,22,30H,17-21H2,1-4H3/b14-9+/t30-/m1/s1. The number of piperazine rings is 1. The van der Waals surface area contributed by atoms with E-state index in [1.807, 2.05) is 4.68 Å². The lowest BCUT2D eigenvalue weighted by Gasteiger charge is -2.38. The van der Waals surface area contributed by atoms with Gasteiger partial charge in [-0.3, -0.25) is 9.80 Å². The van der Waals surface area contributed by atoms with Crippen LogP contribution in [0.1, 0.15) is 45.2 Å². The van der Waals surface area contributed by atoms with Gasteiger partial charge in [-0.1, -0.05) is 78.9 Å². The first-order valence-corrected chi connectivity index (χ1v) is 13.1. The zero-order valence-corrected chi connectivity index (χ0v) is 22.3. The van der Waals surface area contributed by atoms with Crippen LogP contribution in [-0.2, 0) is 0 Å². The lowest BCUT2D eigenvalue weighted by Crippen LogP contribution is -2.48. The average molecular weight is 493 g/mol. The second-order valence-electron chi connectivity index (χ2n) is 10.1. The van der Waals surface area contributed by atoms with Gasteiger partial charge in [0.25, 0.3) is 0 Å². The first-order valence-electron chi connectivity index (χ1n) is 13.1. The molecule has 1 atom stereocenters. The van der Waals surface area contributed by atoms with Crippen molar-refractivity contribution in [2.45, 2.75) is 33.7 Å². The van der Waals surface area contributed by atoms with Gasteiger partial charge in [0, 0.05) is 32.7 Å². The van der Waals surface area contributed by atoms with Crippen LogP contribution >= 0.6 is 0 Å². The summed E-state index contributed by atoms with van der Waals surface area (Å²) in [6.45, 7) is 13.5. The minimum absolute atomic E-state index is 0.0182. The molecule has 1 aliphatic heterocycles. The monoisotopic (exact) mass is 492 g/mol. The van der Waals surface area contributed by atoms with Crippen molar-refractivity contribution in [1.29, 1.82) is 0 Å². The number of nitrogens with zero attached hydrogens (tertiary/aromatic N) is 6. The van der Waals surface area contributed by atoms with E-state index in [-0.39, 0.29) is 6.04 Å². The summed E-state index contributed by atoms with van der Waals surface area (Å²) in [6.07, 6.45) is 4.48. The highest BCUT2D eigenvalue weighted by Gasteiger charge is 2.31. The highest BCUT2D eigenvalue weighted by molar-refractivity contribution is 5.49. The van der Waals surface area contributed by atoms with E-state index in [2.05, 4.69) is 132 Å². The maximum atomic E-state index is 4.62. The van der Waals surface area contributed by atoms with Crippen molar-refractivity contribution in [2.24, 2.45) is 0 Å². The van der Waals surface area contributed by atoms with Gasteiger partial charge in [0.05, 0.1) is 11.7 Å². The predicted octanol–water partition coefficient (Wildman–Crippen LogP) is 5.32. The Bertz CT molecular complexity index is 1350. The average Bonchev–Trinajstić information content (AvgIpc) is 3.36. The SMILES string of the molecule is Cc1ccc([C@H](c2nnnn2-c2c(C)cccc2C)N2CCN(C/C=C/c3ccccc3)CC2)cc1C. The first-order chi connectivity index (χ1) is 18.0. The maximum Gasteiger partial charge on any atom is 0.178 e. The molecule has 37 heavy (non-hydrogen) atoms. The fourth-order valence-electron chi connectivity index (χ4n) is 5.23. The van der Waals surface area contributed by atoms with Gasteiger partial charge >= 0.3 is 0 Å². The van der Waals surface area contributed by atoms with Crippen LogP contribution < -0.4 is 0 Å². The third-order valence-corrected chi connectivity index (χ3v) is 7.48. The van der Waals surface area contributed by atoms with E-state index in [1.165, 1.54) is 33.4 Å². The molecule has 6 nitrogen and oxygen atoms in total. The highest BCUT2D eigenvalue weighted by atomic mass is 15.6. The minimum Gasteiger partial charge on any atom is -0.297 e. The van der Waals surface area contributed by atoms with E-state index in [0.717, 1.165) is 44.2 Å². The van der Waals surface area contributed by atoms with E-state index in [0.29, 0.717) is 0 Å². The van der Waals surface area contributed by atoms with Gasteiger partial charge in [-0.05, 0) is 71.5 Å². The summed E-state index contributed by atoms with van der Waals surface area (Å²) >= 11 is 0. The summed E-state index contributed by atoms with van der Waals surface area (Å²) in [4.78, 5) is 5.05. The van der Waals surface area contributed by atoms with E-state index >= 15 is 0 Å². The number of hydrogen-bond donors (Lipinski definition) is 0. The van der Waals surface area contributed by atoms with E-state index in [4.69, 9.17) is 0 Å². The molecule has 1 fully saturated rings. The second-order valence-corrected chi connectivity index (χ2v) is 10.1. The van der Waals surface area contributed by atoms with Crippen molar-refractivity contribution in [3.63, 3.8) is 0 Å². The molecule has 0 N–H and O–H groups in total. The number of aromatic nitrogens is 4. The third kappa shape index (κ3) is 5.55. The van der Waals surface area contributed by atoms with Crippen LogP contribution in [0.25, 0.3) is 11.8 Å². The molecule has 0 unspecified atom stereocenters. The van der Waals surface area contributed by atoms with Crippen LogP contribution in [0.5, 0.6) is 0 Å². The third-order valence-electron chi connectivity index (χ3n) is 7.48. The molecule has 1 aliphatic rings. The van der Waals surface area contributed by atoms with Crippen molar-refractivity contribution >= 4 is 6.08 Å². The minimum atomic E-state index is -0.0182. The van der Waals surface area contributed by atoms with Crippen LogP contribution in [0.15, 0.2) is 72.8 Å². The van der Waals surface area contributed by atoms with Gasteiger partial charge in [-0.15, -0.1) is 5.10 Å². The molecule has 0 radical (unpaired) electrons. The summed E-state index contributed by atoms with van der Waals surface area (Å²) in [6, 6.07) is 23.6. The summed E-state index contributed by atoms with van der Waals surface area (Å²) in [5.74, 6) is 0.873. The number of hydrogen-bond acceptors (Lipinski definition) is 5. The lowest BCUT2D eigenvalue weighted by molar-refractivity contribution is 0.113. The zero-order chi connectivity index (χ0) is 25.8. The van der Waals surface area contributed by atoms with E-state index in [1.54, 1.807) is 0 Å². The molecule has 190 valence electrons. The fraction of sp³-hybridized carbons (Fsp3) is 0.323. The molecule has 2 heterocycles. The number of aryl methyl sites for hydroxylation is 4. The Kier molecular flexibility index (Phi) is 7.58. The van der Waals surface area contributed by atoms with E-state index in [9.17, 15) is 0 Å². The van der Waals surface area contributed by atoms with Gasteiger partial charge < -0.3 is 0 Å². The van der Waals surface area contributed by atoms with Crippen LogP contribution in [0, 0.1) is 27.7 Å². The summed E-state index contributed by atoms with van der Waals surface area (Å²) in [5.41, 5.74) is 8.48. The molecular weight excluding hydrogens is 456 g/mol. The molecule has 4 aromatic rings. The van der Waals surface area contributed by atoms with Gasteiger partial charge in [0.1, 0.15) is 0 Å². The molecule has 0 aliphatic carbocycles. The molecule has 0 saturated carbocycles. The van der Waals surface area contributed by atoms with E-state index < -0.39 is 0 Å². The quantitative estimate of drug-likeness (QED) is 0.350. The van der Waals surface area contributed by atoms with Crippen molar-refractivity contribution in [3.05, 3.63) is 112 Å². The topological polar surface area (TPSA) is 50.1 Å². The molecule has 1 aromatic heterocycles. The Morgan fingerprint density at radius 3 is 2.22 bits per heavy atom. The van der Waals surface area contributed by atoms with Crippen molar-refractivity contribution in [3.8, 4) is 5.69 Å². The Morgan fingerprint density at radius 2 is 1.51 bits per heavy atom. The molecule has 5 rings (SSSR count). The second kappa shape index (κ2) is 11.2. The Morgan fingerprint density at radius 1 is 0.784 bits per heavy atom. The molecule has 6 heteroatoms. The molecule has 0 amide bonds. The Balaban J connectivity index is 1.41. The predicted molar refractivity (Wildman–Crippen MR) is 150 cm³/mol. The van der Waals surface area contributed by atoms with Crippen LogP contribution in [0.4, 0.5) is 0 Å². The number of rotatable bonds is 7. The van der Waals surface area contributed by atoms with Crippen LogP contribution in [-0.4, -0.2) is 62.7 Å². The Labute approximate surface area is 220 Å². The van der Waals surface area contributed by atoms with Crippen molar-refractivity contribution in [2.75, 3.05) is 32.7 Å². The summed E-state index contributed by atoms with van der Waals surface area (Å²) in [7, 11) is 0. The molecule has 3 aromatic carbocycles. The summed E-state index contributed by atoms with van der Waals surface area (Å²) < 4.78 is 1.96. The van der Waals surface area contributed by atoms with Crippen molar-refractivity contribution in [1.82, 2.24) is 30.0 Å². The normalized spacial score (nSPS) is 15.9. The number of para-hydroxylation sites is 1. The van der Waals surface area contributed by atoms with Crippen LogP contribution in [0.3, 0.4) is 0 Å². The van der Waals surface area contributed by atoms with Crippen LogP contribution in [0.2, 0.25) is 0 Å². The maximum absolute atomic E-state index is 4.62. The molecular formula is C31H36N6. The zero-order valence-electron chi connectivity index (χ0n) is 22.3. The summed E-state index contributed by atoms with van der Waals surface area (Å²) in [5, 5.41) is 13.3.